The van der Waals surface area contributed by atoms with Crippen LogP contribution in [0.25, 0.3) is 6.08 Å². The molecule has 0 radical (unpaired) electrons. The van der Waals surface area contributed by atoms with Gasteiger partial charge in [0.25, 0.3) is 5.91 Å². The summed E-state index contributed by atoms with van der Waals surface area (Å²) in [6.07, 6.45) is -4.08. The number of nitrogens with two attached hydrogens (primary N) is 1. The van der Waals surface area contributed by atoms with Crippen LogP contribution in [0.1, 0.15) is 39.9 Å². The first-order chi connectivity index (χ1) is 18.1. The minimum Gasteiger partial charge on any atom is -0.403 e. The number of carbonyl (C=O) groups is 2. The van der Waals surface area contributed by atoms with Crippen molar-refractivity contribution in [3.63, 3.8) is 0 Å². The van der Waals surface area contributed by atoms with Crippen molar-refractivity contribution in [2.24, 2.45) is 5.73 Å². The summed E-state index contributed by atoms with van der Waals surface area (Å²) in [6, 6.07) is 5.83. The number of anilines is 1. The first kappa shape index (κ1) is 29.9. The minimum absolute atomic E-state index is 0.168. The van der Waals surface area contributed by atoms with Gasteiger partial charge in [-0.2, -0.15) is 4.31 Å². The van der Waals surface area contributed by atoms with Gasteiger partial charge in [0.1, 0.15) is 5.54 Å². The van der Waals surface area contributed by atoms with Crippen LogP contribution in [0.2, 0.25) is 0 Å². The Bertz CT molecular complexity index is 1380. The Morgan fingerprint density at radius 3 is 2.21 bits per heavy atom. The van der Waals surface area contributed by atoms with Crippen molar-refractivity contribution < 1.29 is 40.3 Å². The average molecular weight is 573 g/mol. The van der Waals surface area contributed by atoms with Gasteiger partial charge in [0.15, 0.2) is 11.6 Å². The third-order valence-corrected chi connectivity index (χ3v) is 8.03. The highest BCUT2D eigenvalue weighted by atomic mass is 32.2. The Labute approximate surface area is 223 Å². The van der Waals surface area contributed by atoms with E-state index in [9.17, 15) is 35.6 Å². The summed E-state index contributed by atoms with van der Waals surface area (Å²) in [7, 11) is -2.13. The van der Waals surface area contributed by atoms with Crippen LogP contribution in [0.5, 0.6) is 5.75 Å². The van der Waals surface area contributed by atoms with Gasteiger partial charge in [-0.25, -0.2) is 12.8 Å². The number of ether oxygens (including phenoxy) is 1. The molecule has 1 aliphatic rings. The van der Waals surface area contributed by atoms with Crippen LogP contribution in [0.15, 0.2) is 35.7 Å². The maximum atomic E-state index is 13.7. The van der Waals surface area contributed by atoms with Gasteiger partial charge < -0.3 is 21.1 Å². The average Bonchev–Trinajstić information content (AvgIpc) is 2.84. The van der Waals surface area contributed by atoms with Gasteiger partial charge in [-0.3, -0.25) is 9.59 Å². The van der Waals surface area contributed by atoms with Crippen LogP contribution in [-0.2, 0) is 14.8 Å². The number of alkyl halides is 3. The Morgan fingerprint density at radius 1 is 1.10 bits per heavy atom. The van der Waals surface area contributed by atoms with Crippen LogP contribution in [0, 0.1) is 19.7 Å². The molecule has 0 aliphatic carbocycles. The number of sulfonamides is 1. The number of nitrogens with one attached hydrogen (secondary N) is 2. The van der Waals surface area contributed by atoms with Crippen LogP contribution in [-0.4, -0.2) is 56.6 Å². The van der Waals surface area contributed by atoms with Crippen molar-refractivity contribution >= 4 is 33.6 Å². The van der Waals surface area contributed by atoms with Gasteiger partial charge in [0.05, 0.1) is 0 Å². The number of hydrogen-bond acceptors (Lipinski definition) is 6. The van der Waals surface area contributed by atoms with Crippen molar-refractivity contribution in [3.8, 4) is 5.75 Å². The minimum atomic E-state index is -5.19. The van der Waals surface area contributed by atoms with Crippen molar-refractivity contribution in [1.29, 1.82) is 0 Å². The molecule has 1 aliphatic heterocycles. The van der Waals surface area contributed by atoms with Crippen molar-refractivity contribution in [2.45, 2.75) is 38.6 Å². The van der Waals surface area contributed by atoms with Gasteiger partial charge in [-0.15, -0.1) is 13.2 Å². The highest BCUT2D eigenvalue weighted by molar-refractivity contribution is 7.92. The van der Waals surface area contributed by atoms with Crippen LogP contribution < -0.4 is 21.1 Å². The molecule has 0 aromatic heterocycles. The predicted molar refractivity (Wildman–Crippen MR) is 137 cm³/mol. The lowest BCUT2D eigenvalue weighted by atomic mass is 9.87. The maximum Gasteiger partial charge on any atom is 0.573 e. The van der Waals surface area contributed by atoms with Crippen LogP contribution in [0.3, 0.4) is 0 Å². The van der Waals surface area contributed by atoms with Gasteiger partial charge in [0, 0.05) is 36.8 Å². The zero-order valence-electron chi connectivity index (χ0n) is 21.4. The normalized spacial score (nSPS) is 16.2. The maximum absolute atomic E-state index is 13.7. The van der Waals surface area contributed by atoms with Crippen molar-refractivity contribution in [3.05, 3.63) is 63.8 Å². The molecular formula is C25H28F4N4O5S. The molecule has 14 heteroatoms. The second-order valence-electron chi connectivity index (χ2n) is 9.11. The first-order valence-corrected chi connectivity index (χ1v) is 13.2. The number of carbonyl (C=O) groups excluding carboxylic acids is 2. The van der Waals surface area contributed by atoms with E-state index >= 15 is 0 Å². The lowest BCUT2D eigenvalue weighted by Crippen LogP contribution is -2.62. The second kappa shape index (κ2) is 11.2. The molecule has 9 nitrogen and oxygen atoms in total. The van der Waals surface area contributed by atoms with E-state index in [0.717, 1.165) is 38.2 Å². The lowest BCUT2D eigenvalue weighted by Gasteiger charge is -2.39. The highest BCUT2D eigenvalue weighted by Crippen LogP contribution is 2.29. The van der Waals surface area contributed by atoms with Gasteiger partial charge in [-0.05, 0) is 79.8 Å². The molecule has 0 bridgehead atoms. The molecule has 0 atom stereocenters. The fourth-order valence-corrected chi connectivity index (χ4v) is 5.49. The zero-order valence-corrected chi connectivity index (χ0v) is 22.2. The smallest absolute Gasteiger partial charge is 0.403 e. The Hall–Kier alpha value is -3.65. The summed E-state index contributed by atoms with van der Waals surface area (Å²) in [5, 5.41) is 6.49. The molecule has 212 valence electrons. The lowest BCUT2D eigenvalue weighted by molar-refractivity contribution is -0.275. The molecule has 1 saturated heterocycles. The van der Waals surface area contributed by atoms with Gasteiger partial charge in [-0.1, -0.05) is 0 Å². The molecule has 3 rings (SSSR count). The van der Waals surface area contributed by atoms with Crippen molar-refractivity contribution in [1.82, 2.24) is 9.62 Å². The number of nitrogens with zero attached hydrogens (tertiary/aromatic N) is 1. The quantitative estimate of drug-likeness (QED) is 0.416. The Balaban J connectivity index is 1.75. The van der Waals surface area contributed by atoms with Crippen LogP contribution >= 0.6 is 0 Å². The van der Waals surface area contributed by atoms with Crippen molar-refractivity contribution in [2.75, 3.05) is 25.5 Å². The van der Waals surface area contributed by atoms with E-state index in [2.05, 4.69) is 15.4 Å². The fourth-order valence-electron chi connectivity index (χ4n) is 4.31. The van der Waals surface area contributed by atoms with Crippen LogP contribution in [0.4, 0.5) is 23.2 Å². The summed E-state index contributed by atoms with van der Waals surface area (Å²) >= 11 is 0. The summed E-state index contributed by atoms with van der Waals surface area (Å²) < 4.78 is 82.1. The number of hydrogen-bond donors (Lipinski definition) is 3. The SMILES string of the molecule is CNc1cc(C)c(/C=C/S(=O)(=O)N2CCC(NC(=O)c3ccc(F)c(OC(F)(F)F)c3)(C(N)=O)CC2)c(C)c1. The first-order valence-electron chi connectivity index (χ1n) is 11.7. The molecule has 2 aromatic carbocycles. The number of primary amides is 1. The molecule has 0 spiro atoms. The van der Waals surface area contributed by atoms with Gasteiger partial charge in [0.2, 0.25) is 15.9 Å². The molecule has 0 saturated carbocycles. The molecule has 0 unspecified atom stereocenters. The number of piperidine rings is 1. The summed E-state index contributed by atoms with van der Waals surface area (Å²) in [4.78, 5) is 25.1. The summed E-state index contributed by atoms with van der Waals surface area (Å²) in [5.74, 6) is -4.52. The van der Waals surface area contributed by atoms with E-state index in [1.165, 1.54) is 6.08 Å². The Kier molecular flexibility index (Phi) is 8.60. The number of halogens is 4. The number of aryl methyl sites for hydroxylation is 2. The number of rotatable bonds is 8. The largest absolute Gasteiger partial charge is 0.573 e. The monoisotopic (exact) mass is 572 g/mol. The molecule has 4 N–H and O–H groups in total. The van der Waals surface area contributed by atoms with E-state index in [0.29, 0.717) is 12.1 Å². The molecule has 2 aromatic rings. The van der Waals surface area contributed by atoms with E-state index in [-0.39, 0.29) is 25.9 Å². The number of benzene rings is 2. The van der Waals surface area contributed by atoms with E-state index in [1.807, 2.05) is 26.0 Å². The molecule has 39 heavy (non-hydrogen) atoms. The topological polar surface area (TPSA) is 131 Å². The molecule has 1 fully saturated rings. The molecule has 1 heterocycles. The Morgan fingerprint density at radius 2 is 1.69 bits per heavy atom. The van der Waals surface area contributed by atoms with E-state index in [1.54, 1.807) is 7.05 Å². The third kappa shape index (κ3) is 7.06. The van der Waals surface area contributed by atoms with E-state index in [4.69, 9.17) is 5.73 Å². The fraction of sp³-hybridized carbons (Fsp3) is 0.360. The third-order valence-electron chi connectivity index (χ3n) is 6.47. The second-order valence-corrected chi connectivity index (χ2v) is 10.9. The van der Waals surface area contributed by atoms with E-state index < -0.39 is 50.9 Å². The standard InChI is InChI=1S/C25H28F4N4O5S/c1-15-12-18(31-3)13-16(2)19(15)6-11-39(36,37)33-9-7-24(8-10-33,23(30)35)32-22(34)17-4-5-20(26)21(14-17)38-25(27,28)29/h4-6,11-14,31H,7-10H2,1-3H3,(H2,30,35)(H,32,34)/b11-6+. The highest BCUT2D eigenvalue weighted by Gasteiger charge is 2.43. The zero-order chi connectivity index (χ0) is 29.2. The molecular weight excluding hydrogens is 544 g/mol. The number of amides is 2. The van der Waals surface area contributed by atoms with Gasteiger partial charge >= 0.3 is 6.36 Å². The summed E-state index contributed by atoms with van der Waals surface area (Å²) in [5.41, 5.74) is 6.80. The predicted octanol–water partition coefficient (Wildman–Crippen LogP) is 3.43. The molecule has 2 amide bonds. The summed E-state index contributed by atoms with van der Waals surface area (Å²) in [6.45, 7) is 3.37.